The van der Waals surface area contributed by atoms with E-state index in [2.05, 4.69) is 5.10 Å². The van der Waals surface area contributed by atoms with Gasteiger partial charge in [-0.05, 0) is 29.3 Å². The van der Waals surface area contributed by atoms with Crippen molar-refractivity contribution in [2.24, 2.45) is 16.8 Å². The maximum absolute atomic E-state index is 12.5. The molecule has 0 aliphatic heterocycles. The average molecular weight is 411 g/mol. The molecule has 0 heterocycles. The number of hydrazine groups is 1. The molecule has 0 unspecified atom stereocenters. The van der Waals surface area contributed by atoms with E-state index in [4.69, 9.17) is 23.3 Å². The third-order valence-electron chi connectivity index (χ3n) is 4.05. The number of amidine groups is 1. The first kappa shape index (κ1) is 19.9. The summed E-state index contributed by atoms with van der Waals surface area (Å²) in [5.74, 6) is 11.6. The van der Waals surface area contributed by atoms with E-state index in [1.165, 1.54) is 16.8 Å². The Kier molecular flexibility index (Phi) is 6.71. The summed E-state index contributed by atoms with van der Waals surface area (Å²) in [5.41, 5.74) is 3.41. The first-order valence-electron chi connectivity index (χ1n) is 8.48. The first-order chi connectivity index (χ1) is 13.6. The van der Waals surface area contributed by atoms with E-state index in [-0.39, 0.29) is 11.5 Å². The molecule has 0 radical (unpaired) electrons. The van der Waals surface area contributed by atoms with Crippen LogP contribution in [0.1, 0.15) is 10.4 Å². The minimum absolute atomic E-state index is 0.0368. The summed E-state index contributed by atoms with van der Waals surface area (Å²) in [4.78, 5) is 12.5. The third kappa shape index (κ3) is 4.92. The molecule has 5 nitrogen and oxygen atoms in total. The normalized spacial score (nSPS) is 11.3. The van der Waals surface area contributed by atoms with Crippen molar-refractivity contribution in [3.63, 3.8) is 0 Å². The predicted octanol–water partition coefficient (Wildman–Crippen LogP) is 4.53. The summed E-state index contributed by atoms with van der Waals surface area (Å²) in [5, 5.41) is 5.87. The molecule has 0 amide bonds. The van der Waals surface area contributed by atoms with Crippen LogP contribution in [0.4, 0.5) is 5.69 Å². The lowest BCUT2D eigenvalue weighted by atomic mass is 10.0. The van der Waals surface area contributed by atoms with Gasteiger partial charge >= 0.3 is 0 Å². The number of halogens is 1. The molecule has 7 heteroatoms. The van der Waals surface area contributed by atoms with Crippen LogP contribution in [0.3, 0.4) is 0 Å². The zero-order valence-electron chi connectivity index (χ0n) is 15.0. The van der Waals surface area contributed by atoms with Crippen LogP contribution in [0.15, 0.2) is 84.0 Å². The highest BCUT2D eigenvalue weighted by molar-refractivity contribution is 8.14. The number of nitrogens with zero attached hydrogens (tertiary/aromatic N) is 2. The van der Waals surface area contributed by atoms with Gasteiger partial charge in [0.1, 0.15) is 0 Å². The smallest absolute Gasteiger partial charge is 0.201 e. The van der Waals surface area contributed by atoms with E-state index < -0.39 is 0 Å². The Hall–Kier alpha value is -2.80. The van der Waals surface area contributed by atoms with E-state index in [0.29, 0.717) is 21.4 Å². The Labute approximate surface area is 173 Å². The number of hydrogen-bond donors (Lipinski definition) is 2. The van der Waals surface area contributed by atoms with Gasteiger partial charge in [-0.15, -0.1) is 0 Å². The van der Waals surface area contributed by atoms with Crippen LogP contribution in [0.5, 0.6) is 0 Å². The van der Waals surface area contributed by atoms with Gasteiger partial charge in [-0.3, -0.25) is 9.80 Å². The molecular formula is C21H19ClN4OS. The quantitative estimate of drug-likeness (QED) is 0.212. The van der Waals surface area contributed by atoms with Gasteiger partial charge in [-0.25, -0.2) is 5.84 Å². The fourth-order valence-corrected chi connectivity index (χ4v) is 3.53. The number of thioether (sulfide) groups is 1. The minimum Gasteiger partial charge on any atom is -0.321 e. The zero-order chi connectivity index (χ0) is 19.9. The number of anilines is 1. The van der Waals surface area contributed by atoms with E-state index in [9.17, 15) is 4.79 Å². The van der Waals surface area contributed by atoms with Crippen molar-refractivity contribution in [1.29, 1.82) is 0 Å². The monoisotopic (exact) mass is 410 g/mol. The summed E-state index contributed by atoms with van der Waals surface area (Å²) in [6.45, 7) is 0. The predicted molar refractivity (Wildman–Crippen MR) is 118 cm³/mol. The maximum atomic E-state index is 12.5. The van der Waals surface area contributed by atoms with Crippen molar-refractivity contribution >= 4 is 40.0 Å². The number of ketones is 1. The molecule has 0 saturated heterocycles. The fourth-order valence-electron chi connectivity index (χ4n) is 2.60. The second kappa shape index (κ2) is 9.41. The lowest BCUT2D eigenvalue weighted by Crippen LogP contribution is -2.36. The minimum atomic E-state index is -0.0368. The molecule has 0 aliphatic rings. The van der Waals surface area contributed by atoms with Crippen molar-refractivity contribution in [2.75, 3.05) is 10.8 Å². The Morgan fingerprint density at radius 2 is 1.64 bits per heavy atom. The average Bonchev–Trinajstić information content (AvgIpc) is 2.74. The van der Waals surface area contributed by atoms with E-state index >= 15 is 0 Å². The lowest BCUT2D eigenvalue weighted by Gasteiger charge is -2.19. The molecular weight excluding hydrogens is 392 g/mol. The third-order valence-corrected chi connectivity index (χ3v) is 5.25. The highest BCUT2D eigenvalue weighted by Gasteiger charge is 2.14. The molecule has 3 aromatic carbocycles. The molecule has 0 spiro atoms. The first-order valence-corrected chi connectivity index (χ1v) is 9.84. The van der Waals surface area contributed by atoms with Crippen molar-refractivity contribution in [3.05, 3.63) is 89.4 Å². The Balaban J connectivity index is 1.64. The van der Waals surface area contributed by atoms with Crippen LogP contribution >= 0.6 is 23.4 Å². The lowest BCUT2D eigenvalue weighted by molar-refractivity contribution is 0.102. The fraction of sp³-hybridized carbons (Fsp3) is 0.0476. The number of benzene rings is 3. The van der Waals surface area contributed by atoms with Gasteiger partial charge in [0, 0.05) is 10.6 Å². The zero-order valence-corrected chi connectivity index (χ0v) is 16.5. The molecule has 4 N–H and O–H groups in total. The summed E-state index contributed by atoms with van der Waals surface area (Å²) in [7, 11) is 0. The van der Waals surface area contributed by atoms with Gasteiger partial charge in [0.2, 0.25) is 5.17 Å². The van der Waals surface area contributed by atoms with Gasteiger partial charge in [0.25, 0.3) is 0 Å². The number of nitrogens with two attached hydrogens (primary N) is 2. The van der Waals surface area contributed by atoms with Gasteiger partial charge < -0.3 is 5.84 Å². The second-order valence-electron chi connectivity index (χ2n) is 5.92. The molecule has 28 heavy (non-hydrogen) atoms. The van der Waals surface area contributed by atoms with Crippen molar-refractivity contribution < 1.29 is 4.79 Å². The Morgan fingerprint density at radius 1 is 0.964 bits per heavy atom. The van der Waals surface area contributed by atoms with Gasteiger partial charge in [-0.1, -0.05) is 84.0 Å². The molecule has 142 valence electrons. The van der Waals surface area contributed by atoms with E-state index in [1.54, 1.807) is 24.3 Å². The SMILES string of the molecule is N/N=C(/SCC(=O)c1ccc(-c2ccccc2)cc1)N(N)c1cccc(Cl)c1. The van der Waals surface area contributed by atoms with Crippen LogP contribution in [0.2, 0.25) is 5.02 Å². The summed E-state index contributed by atoms with van der Waals surface area (Å²) in [6, 6.07) is 24.5. The van der Waals surface area contributed by atoms with Crippen LogP contribution < -0.4 is 16.7 Å². The van der Waals surface area contributed by atoms with Crippen LogP contribution in [-0.2, 0) is 0 Å². The van der Waals surface area contributed by atoms with Crippen LogP contribution in [-0.4, -0.2) is 16.7 Å². The van der Waals surface area contributed by atoms with E-state index in [1.807, 2.05) is 54.6 Å². The number of rotatable bonds is 5. The Bertz CT molecular complexity index is 977. The van der Waals surface area contributed by atoms with Crippen molar-refractivity contribution in [2.45, 2.75) is 0 Å². The molecule has 3 rings (SSSR count). The summed E-state index contributed by atoms with van der Waals surface area (Å²) < 4.78 is 0. The van der Waals surface area contributed by atoms with Gasteiger partial charge in [0.05, 0.1) is 11.4 Å². The molecule has 3 aromatic rings. The van der Waals surface area contributed by atoms with Gasteiger partial charge in [0.15, 0.2) is 5.78 Å². The highest BCUT2D eigenvalue weighted by Crippen LogP contribution is 2.22. The molecule has 0 aliphatic carbocycles. The number of hydrogen-bond acceptors (Lipinski definition) is 5. The maximum Gasteiger partial charge on any atom is 0.201 e. The molecule has 0 saturated carbocycles. The largest absolute Gasteiger partial charge is 0.321 e. The second-order valence-corrected chi connectivity index (χ2v) is 7.30. The number of Topliss-reactive ketones (excluding diaryl/α,β-unsaturated/α-hetero) is 1. The molecule has 0 aromatic heterocycles. The molecule has 0 bridgehead atoms. The van der Waals surface area contributed by atoms with Crippen molar-refractivity contribution in [1.82, 2.24) is 0 Å². The van der Waals surface area contributed by atoms with E-state index in [0.717, 1.165) is 11.1 Å². The molecule has 0 atom stereocenters. The van der Waals surface area contributed by atoms with Crippen LogP contribution in [0, 0.1) is 0 Å². The van der Waals surface area contributed by atoms with Crippen LogP contribution in [0.25, 0.3) is 11.1 Å². The number of carbonyl (C=O) groups is 1. The summed E-state index contributed by atoms with van der Waals surface area (Å²) >= 11 is 7.15. The summed E-state index contributed by atoms with van der Waals surface area (Å²) in [6.07, 6.45) is 0. The number of carbonyl (C=O) groups excluding carboxylic acids is 1. The highest BCUT2D eigenvalue weighted by atomic mass is 35.5. The topological polar surface area (TPSA) is 84.7 Å². The van der Waals surface area contributed by atoms with Gasteiger partial charge in [-0.2, -0.15) is 5.10 Å². The van der Waals surface area contributed by atoms with Crippen molar-refractivity contribution in [3.8, 4) is 11.1 Å². The standard InChI is InChI=1S/C21H19ClN4OS/c22-18-7-4-8-19(13-18)26(24)21(25-23)28-14-20(27)17-11-9-16(10-12-17)15-5-2-1-3-6-15/h1-13H,14,23-24H2/b25-21+. The number of hydrazone groups is 1. The molecule has 0 fully saturated rings. The Morgan fingerprint density at radius 3 is 2.29 bits per heavy atom.